The summed E-state index contributed by atoms with van der Waals surface area (Å²) in [5.41, 5.74) is 0. The van der Waals surface area contributed by atoms with Crippen LogP contribution in [0.2, 0.25) is 26.2 Å². The van der Waals surface area contributed by atoms with Crippen molar-refractivity contribution in [2.24, 2.45) is 0 Å². The monoisotopic (exact) mass is 216 g/mol. The Labute approximate surface area is 84.8 Å². The smallest absolute Gasteiger partial charge is 0.199 e. The third kappa shape index (κ3) is 3.54. The minimum absolute atomic E-state index is 0.235. The molecule has 0 spiro atoms. The topological polar surface area (TPSA) is 12.5 Å². The van der Waals surface area contributed by atoms with E-state index in [1.54, 1.807) is 0 Å². The molecule has 0 aromatic carbocycles. The number of nitrogens with zero attached hydrogens (tertiary/aromatic N) is 1. The third-order valence-corrected chi connectivity index (χ3v) is 13.5. The van der Waals surface area contributed by atoms with Gasteiger partial charge in [-0.1, -0.05) is 19.5 Å². The summed E-state index contributed by atoms with van der Waals surface area (Å²) in [6.45, 7) is 11.8. The molecule has 2 nitrogen and oxygen atoms in total. The van der Waals surface area contributed by atoms with E-state index < -0.39 is 7.83 Å². The van der Waals surface area contributed by atoms with Gasteiger partial charge >= 0.3 is 0 Å². The number of hydrogen-bond acceptors (Lipinski definition) is 2. The normalized spacial score (nSPS) is 21.0. The summed E-state index contributed by atoms with van der Waals surface area (Å²) in [5.74, 6) is 0. The SMILES string of the molecule is C[Si](C)[Si](C)(C)ON1CCCCC1. The van der Waals surface area contributed by atoms with Crippen LogP contribution >= 0.6 is 0 Å². The molecular weight excluding hydrogens is 194 g/mol. The number of rotatable bonds is 3. The predicted octanol–water partition coefficient (Wildman–Crippen LogP) is 2.44. The van der Waals surface area contributed by atoms with Crippen LogP contribution in [-0.2, 0) is 4.53 Å². The van der Waals surface area contributed by atoms with Crippen molar-refractivity contribution >= 4 is 16.1 Å². The molecule has 13 heavy (non-hydrogen) atoms. The van der Waals surface area contributed by atoms with Crippen LogP contribution < -0.4 is 0 Å². The molecule has 0 atom stereocenters. The van der Waals surface area contributed by atoms with Gasteiger partial charge in [-0.15, -0.1) is 0 Å². The van der Waals surface area contributed by atoms with Gasteiger partial charge in [0, 0.05) is 13.1 Å². The van der Waals surface area contributed by atoms with Crippen molar-refractivity contribution in [3.63, 3.8) is 0 Å². The van der Waals surface area contributed by atoms with E-state index in [4.69, 9.17) is 4.53 Å². The van der Waals surface area contributed by atoms with Crippen LogP contribution in [0.15, 0.2) is 0 Å². The predicted molar refractivity (Wildman–Crippen MR) is 61.5 cm³/mol. The summed E-state index contributed by atoms with van der Waals surface area (Å²) < 4.78 is 6.16. The van der Waals surface area contributed by atoms with Gasteiger partial charge in [-0.2, -0.15) is 0 Å². The molecule has 0 aromatic heterocycles. The lowest BCUT2D eigenvalue weighted by molar-refractivity contribution is -0.0783. The molecular formula is C9H22NOSi2. The van der Waals surface area contributed by atoms with E-state index in [-0.39, 0.29) is 8.31 Å². The molecule has 1 saturated heterocycles. The molecule has 1 heterocycles. The quantitative estimate of drug-likeness (QED) is 0.672. The molecule has 0 unspecified atom stereocenters. The molecule has 1 rings (SSSR count). The second-order valence-electron chi connectivity index (χ2n) is 4.59. The standard InChI is InChI=1S/C9H22NOSi2/c1-12(2)13(3,4)11-10-8-6-5-7-9-10/h5-9H2,1-4H3. The summed E-state index contributed by atoms with van der Waals surface area (Å²) in [6.07, 6.45) is 4.03. The van der Waals surface area contributed by atoms with E-state index in [0.717, 1.165) is 13.1 Å². The highest BCUT2D eigenvalue weighted by Crippen LogP contribution is 2.16. The first kappa shape index (κ1) is 11.4. The average Bonchev–Trinajstić information content (AvgIpc) is 2.05. The van der Waals surface area contributed by atoms with Crippen molar-refractivity contribution < 1.29 is 4.53 Å². The highest BCUT2D eigenvalue weighted by Gasteiger charge is 2.31. The van der Waals surface area contributed by atoms with Gasteiger partial charge < -0.3 is 4.53 Å². The van der Waals surface area contributed by atoms with Crippen LogP contribution in [0.25, 0.3) is 0 Å². The largest absolute Gasteiger partial charge is 0.347 e. The second kappa shape index (κ2) is 4.73. The first-order valence-electron chi connectivity index (χ1n) is 5.27. The maximum atomic E-state index is 6.16. The van der Waals surface area contributed by atoms with Crippen molar-refractivity contribution in [3.8, 4) is 0 Å². The molecule has 1 radical (unpaired) electrons. The molecule has 1 fully saturated rings. The van der Waals surface area contributed by atoms with Crippen LogP contribution in [0.1, 0.15) is 19.3 Å². The Hall–Kier alpha value is 0.354. The van der Waals surface area contributed by atoms with Gasteiger partial charge in [0.1, 0.15) is 0 Å². The molecule has 0 bridgehead atoms. The Morgan fingerprint density at radius 2 is 1.62 bits per heavy atom. The van der Waals surface area contributed by atoms with Gasteiger partial charge in [-0.25, -0.2) is 5.06 Å². The van der Waals surface area contributed by atoms with E-state index in [9.17, 15) is 0 Å². The Morgan fingerprint density at radius 3 is 2.08 bits per heavy atom. The minimum Gasteiger partial charge on any atom is -0.347 e. The van der Waals surface area contributed by atoms with E-state index in [2.05, 4.69) is 31.3 Å². The number of piperidine rings is 1. The fourth-order valence-electron chi connectivity index (χ4n) is 1.37. The molecule has 77 valence electrons. The van der Waals surface area contributed by atoms with Crippen molar-refractivity contribution in [2.75, 3.05) is 13.1 Å². The van der Waals surface area contributed by atoms with Gasteiger partial charge in [-0.05, 0) is 25.9 Å². The summed E-state index contributed by atoms with van der Waals surface area (Å²) in [5, 5.41) is 2.23. The van der Waals surface area contributed by atoms with Gasteiger partial charge in [0.25, 0.3) is 0 Å². The maximum absolute atomic E-state index is 6.16. The average molecular weight is 216 g/mol. The fourth-order valence-corrected chi connectivity index (χ4v) is 3.32. The molecule has 1 aliphatic rings. The molecule has 4 heteroatoms. The minimum atomic E-state index is -1.34. The first-order valence-corrected chi connectivity index (χ1v) is 11.7. The summed E-state index contributed by atoms with van der Waals surface area (Å²) in [7, 11) is -1.57. The van der Waals surface area contributed by atoms with E-state index in [1.807, 2.05) is 0 Å². The summed E-state index contributed by atoms with van der Waals surface area (Å²) in [4.78, 5) is 0. The van der Waals surface area contributed by atoms with Gasteiger partial charge in [0.05, 0.1) is 8.31 Å². The highest BCUT2D eigenvalue weighted by atomic mass is 29.2. The second-order valence-corrected chi connectivity index (χ2v) is 16.4. The number of hydrogen-bond donors (Lipinski definition) is 0. The Kier molecular flexibility index (Phi) is 4.16. The van der Waals surface area contributed by atoms with Gasteiger partial charge in [0.15, 0.2) is 7.83 Å². The summed E-state index contributed by atoms with van der Waals surface area (Å²) >= 11 is 0. The lowest BCUT2D eigenvalue weighted by Crippen LogP contribution is -2.50. The Balaban J connectivity index is 2.37. The van der Waals surface area contributed by atoms with Gasteiger partial charge in [0.2, 0.25) is 0 Å². The van der Waals surface area contributed by atoms with Crippen LogP contribution in [0, 0.1) is 0 Å². The van der Waals surface area contributed by atoms with Crippen molar-refractivity contribution in [1.82, 2.24) is 5.06 Å². The van der Waals surface area contributed by atoms with E-state index in [0.29, 0.717) is 0 Å². The molecule has 1 aliphatic heterocycles. The zero-order valence-corrected chi connectivity index (χ0v) is 11.4. The third-order valence-electron chi connectivity index (χ3n) is 2.88. The van der Waals surface area contributed by atoms with Crippen LogP contribution in [0.5, 0.6) is 0 Å². The first-order chi connectivity index (χ1) is 6.02. The molecule has 0 amide bonds. The lowest BCUT2D eigenvalue weighted by Gasteiger charge is -2.35. The highest BCUT2D eigenvalue weighted by molar-refractivity contribution is 7.28. The Bertz CT molecular complexity index is 156. The van der Waals surface area contributed by atoms with Crippen molar-refractivity contribution in [2.45, 2.75) is 45.5 Å². The molecule has 0 aliphatic carbocycles. The zero-order valence-electron chi connectivity index (χ0n) is 9.39. The van der Waals surface area contributed by atoms with Crippen molar-refractivity contribution in [3.05, 3.63) is 0 Å². The lowest BCUT2D eigenvalue weighted by atomic mass is 10.2. The summed E-state index contributed by atoms with van der Waals surface area (Å²) in [6, 6.07) is 0. The van der Waals surface area contributed by atoms with Crippen LogP contribution in [-0.4, -0.2) is 34.3 Å². The van der Waals surface area contributed by atoms with Gasteiger partial charge in [-0.3, -0.25) is 0 Å². The maximum Gasteiger partial charge on any atom is 0.199 e. The van der Waals surface area contributed by atoms with Crippen LogP contribution in [0.3, 0.4) is 0 Å². The Morgan fingerprint density at radius 1 is 1.08 bits per heavy atom. The molecule has 0 aromatic rings. The van der Waals surface area contributed by atoms with Crippen LogP contribution in [0.4, 0.5) is 0 Å². The zero-order chi connectivity index (χ0) is 9.90. The van der Waals surface area contributed by atoms with Crippen molar-refractivity contribution in [1.29, 1.82) is 0 Å². The molecule has 0 N–H and O–H groups in total. The van der Waals surface area contributed by atoms with E-state index >= 15 is 0 Å². The number of hydroxylamine groups is 2. The molecule has 0 saturated carbocycles. The van der Waals surface area contributed by atoms with E-state index in [1.165, 1.54) is 19.3 Å². The fraction of sp³-hybridized carbons (Fsp3) is 1.00.